The Labute approximate surface area is 107 Å². The molecule has 18 heavy (non-hydrogen) atoms. The minimum absolute atomic E-state index is 0.126. The zero-order valence-corrected chi connectivity index (χ0v) is 11.8. The van der Waals surface area contributed by atoms with Crippen LogP contribution in [0.3, 0.4) is 0 Å². The van der Waals surface area contributed by atoms with Crippen LogP contribution in [0, 0.1) is 0 Å². The number of carbonyl (C=O) groups is 2. The Hall–Kier alpha value is -1.14. The van der Waals surface area contributed by atoms with Gasteiger partial charge in [0, 0.05) is 20.8 Å². The summed E-state index contributed by atoms with van der Waals surface area (Å²) >= 11 is 0. The summed E-state index contributed by atoms with van der Waals surface area (Å²) in [6.07, 6.45) is -1.19. The molecule has 0 aromatic heterocycles. The molecule has 1 saturated heterocycles. The Morgan fingerprint density at radius 1 is 1.17 bits per heavy atom. The standard InChI is InChI=1S/C12H21NO5/c1-10(2,3)13(9(16)17)11(4,5)18-7-12(13,6)8(14)15/h7H2,1-6H3,(H-,14,15,16,17)/p+1/t12?,13-/m0/s1. The Morgan fingerprint density at radius 3 is 1.83 bits per heavy atom. The maximum atomic E-state index is 11.9. The number of hydrogen-bond donors (Lipinski definition) is 2. The highest BCUT2D eigenvalue weighted by Gasteiger charge is 2.76. The van der Waals surface area contributed by atoms with Gasteiger partial charge in [-0.25, -0.2) is 4.79 Å². The summed E-state index contributed by atoms with van der Waals surface area (Å²) < 4.78 is 4.87. The summed E-state index contributed by atoms with van der Waals surface area (Å²) in [5.41, 5.74) is -3.45. The van der Waals surface area contributed by atoms with Crippen molar-refractivity contribution >= 4 is 12.1 Å². The van der Waals surface area contributed by atoms with E-state index in [-0.39, 0.29) is 6.61 Å². The minimum Gasteiger partial charge on any atom is -0.477 e. The molecule has 6 nitrogen and oxygen atoms in total. The Bertz CT molecular complexity index is 398. The van der Waals surface area contributed by atoms with Crippen molar-refractivity contribution in [3.63, 3.8) is 0 Å². The van der Waals surface area contributed by atoms with Gasteiger partial charge >= 0.3 is 12.1 Å². The number of nitrogens with zero attached hydrogens (tertiary/aromatic N) is 1. The molecule has 2 N–H and O–H groups in total. The van der Waals surface area contributed by atoms with E-state index in [1.807, 2.05) is 0 Å². The van der Waals surface area contributed by atoms with Crippen molar-refractivity contribution < 1.29 is 29.0 Å². The molecule has 1 aliphatic rings. The molecule has 1 aliphatic heterocycles. The molecule has 0 radical (unpaired) electrons. The molecule has 104 valence electrons. The fraction of sp³-hybridized carbons (Fsp3) is 0.833. The highest BCUT2D eigenvalue weighted by Crippen LogP contribution is 2.50. The van der Waals surface area contributed by atoms with Crippen LogP contribution < -0.4 is 0 Å². The smallest absolute Gasteiger partial charge is 0.477 e. The first-order chi connectivity index (χ1) is 7.84. The predicted octanol–water partition coefficient (Wildman–Crippen LogP) is 1.89. The van der Waals surface area contributed by atoms with Gasteiger partial charge in [0.1, 0.15) is 12.1 Å². The van der Waals surface area contributed by atoms with E-state index in [0.29, 0.717) is 0 Å². The van der Waals surface area contributed by atoms with Crippen molar-refractivity contribution in [3.05, 3.63) is 0 Å². The summed E-state index contributed by atoms with van der Waals surface area (Å²) in [6.45, 7) is 9.72. The van der Waals surface area contributed by atoms with Gasteiger partial charge in [0.25, 0.3) is 0 Å². The predicted molar refractivity (Wildman–Crippen MR) is 64.1 cm³/mol. The van der Waals surface area contributed by atoms with Crippen LogP contribution in [-0.4, -0.2) is 50.2 Å². The first-order valence-electron chi connectivity index (χ1n) is 5.85. The highest BCUT2D eigenvalue weighted by molar-refractivity contribution is 5.80. The quantitative estimate of drug-likeness (QED) is 0.703. The van der Waals surface area contributed by atoms with Gasteiger partial charge in [-0.15, -0.1) is 0 Å². The summed E-state index contributed by atoms with van der Waals surface area (Å²) in [6, 6.07) is 0. The number of hydrogen-bond acceptors (Lipinski definition) is 3. The number of rotatable bonds is 1. The largest absolute Gasteiger partial charge is 0.517 e. The second kappa shape index (κ2) is 3.68. The first-order valence-corrected chi connectivity index (χ1v) is 5.85. The van der Waals surface area contributed by atoms with Gasteiger partial charge in [-0.05, 0) is 20.8 Å². The Kier molecular flexibility index (Phi) is 3.05. The monoisotopic (exact) mass is 260 g/mol. The van der Waals surface area contributed by atoms with Crippen molar-refractivity contribution in [1.82, 2.24) is 0 Å². The molecule has 0 saturated carbocycles. The van der Waals surface area contributed by atoms with Crippen LogP contribution in [0.5, 0.6) is 0 Å². The molecular weight excluding hydrogens is 238 g/mol. The van der Waals surface area contributed by atoms with Crippen molar-refractivity contribution in [2.45, 2.75) is 58.3 Å². The van der Waals surface area contributed by atoms with E-state index in [1.165, 1.54) is 6.92 Å². The molecule has 2 atom stereocenters. The SMILES string of the molecule is CC(C)(C)[N@@+]1(C(=O)O)C(C)(C)OCC1(C)C(=O)O. The van der Waals surface area contributed by atoms with E-state index < -0.39 is 33.3 Å². The van der Waals surface area contributed by atoms with Crippen LogP contribution >= 0.6 is 0 Å². The second-order valence-corrected chi connectivity index (χ2v) is 6.44. The molecule has 0 bridgehead atoms. The maximum Gasteiger partial charge on any atom is 0.517 e. The van der Waals surface area contributed by atoms with E-state index in [0.717, 1.165) is 0 Å². The molecule has 1 unspecified atom stereocenters. The molecule has 0 spiro atoms. The maximum absolute atomic E-state index is 11.9. The van der Waals surface area contributed by atoms with Gasteiger partial charge in [0.05, 0.1) is 0 Å². The van der Waals surface area contributed by atoms with E-state index in [4.69, 9.17) is 4.74 Å². The van der Waals surface area contributed by atoms with Crippen molar-refractivity contribution in [3.8, 4) is 0 Å². The summed E-state index contributed by atoms with van der Waals surface area (Å²) in [7, 11) is 0. The van der Waals surface area contributed by atoms with Crippen molar-refractivity contribution in [2.24, 2.45) is 0 Å². The number of ether oxygens (including phenoxy) is 1. The van der Waals surface area contributed by atoms with Gasteiger partial charge < -0.3 is 14.9 Å². The lowest BCUT2D eigenvalue weighted by molar-refractivity contribution is -0.979. The Morgan fingerprint density at radius 2 is 1.61 bits per heavy atom. The number of carboxylic acid groups (broad SMARTS) is 2. The van der Waals surface area contributed by atoms with Gasteiger partial charge in [-0.1, -0.05) is 0 Å². The third-order valence-corrected chi connectivity index (χ3v) is 4.01. The highest BCUT2D eigenvalue weighted by atomic mass is 16.6. The summed E-state index contributed by atoms with van der Waals surface area (Å²) in [4.78, 5) is 23.6. The van der Waals surface area contributed by atoms with E-state index >= 15 is 0 Å². The molecule has 1 heterocycles. The lowest BCUT2D eigenvalue weighted by Crippen LogP contribution is -2.79. The summed E-state index contributed by atoms with van der Waals surface area (Å²) in [5, 5.41) is 19.2. The third kappa shape index (κ3) is 1.42. The van der Waals surface area contributed by atoms with Crippen molar-refractivity contribution in [1.29, 1.82) is 0 Å². The van der Waals surface area contributed by atoms with Crippen LogP contribution in [0.4, 0.5) is 4.79 Å². The number of carboxylic acids is 1. The van der Waals surface area contributed by atoms with Crippen LogP contribution in [0.1, 0.15) is 41.5 Å². The van der Waals surface area contributed by atoms with Gasteiger partial charge in [0.2, 0.25) is 11.3 Å². The van der Waals surface area contributed by atoms with E-state index in [9.17, 15) is 19.8 Å². The van der Waals surface area contributed by atoms with E-state index in [2.05, 4.69) is 0 Å². The fourth-order valence-corrected chi connectivity index (χ4v) is 3.59. The van der Waals surface area contributed by atoms with Gasteiger partial charge in [-0.2, -0.15) is 9.28 Å². The molecule has 0 aromatic rings. The topological polar surface area (TPSA) is 83.8 Å². The van der Waals surface area contributed by atoms with Crippen LogP contribution in [0.25, 0.3) is 0 Å². The lowest BCUT2D eigenvalue weighted by atomic mass is 9.87. The normalized spacial score (nSPS) is 35.4. The number of aliphatic carboxylic acids is 1. The van der Waals surface area contributed by atoms with Gasteiger partial charge in [0.15, 0.2) is 0 Å². The Balaban J connectivity index is 3.70. The van der Waals surface area contributed by atoms with Gasteiger partial charge in [-0.3, -0.25) is 0 Å². The second-order valence-electron chi connectivity index (χ2n) is 6.44. The van der Waals surface area contributed by atoms with Crippen LogP contribution in [-0.2, 0) is 9.53 Å². The lowest BCUT2D eigenvalue weighted by Gasteiger charge is -2.52. The summed E-state index contributed by atoms with van der Waals surface area (Å²) in [5.74, 6) is -1.16. The first kappa shape index (κ1) is 14.9. The molecular formula is C12H22NO5+. The van der Waals surface area contributed by atoms with Crippen LogP contribution in [0.15, 0.2) is 0 Å². The number of quaternary nitrogens is 1. The zero-order chi connectivity index (χ0) is 14.6. The third-order valence-electron chi connectivity index (χ3n) is 4.01. The number of amides is 1. The van der Waals surface area contributed by atoms with Crippen molar-refractivity contribution in [2.75, 3.05) is 6.61 Å². The fourth-order valence-electron chi connectivity index (χ4n) is 3.59. The average Bonchev–Trinajstić information content (AvgIpc) is 2.33. The zero-order valence-electron chi connectivity index (χ0n) is 11.8. The minimum atomic E-state index is -1.52. The average molecular weight is 260 g/mol. The molecule has 1 fully saturated rings. The molecule has 1 amide bonds. The molecule has 6 heteroatoms. The van der Waals surface area contributed by atoms with Crippen LogP contribution in [0.2, 0.25) is 0 Å². The molecule has 0 aliphatic carbocycles. The molecule has 1 rings (SSSR count). The van der Waals surface area contributed by atoms with E-state index in [1.54, 1.807) is 34.6 Å². The molecule has 0 aromatic carbocycles.